The summed E-state index contributed by atoms with van der Waals surface area (Å²) < 4.78 is 4.17. The lowest BCUT2D eigenvalue weighted by atomic mass is 10.1. The molecule has 0 aliphatic carbocycles. The first-order chi connectivity index (χ1) is 12.3. The Bertz CT molecular complexity index is 875. The zero-order valence-corrected chi connectivity index (χ0v) is 17.8. The molecule has 1 aliphatic rings. The summed E-state index contributed by atoms with van der Waals surface area (Å²) in [5.74, 6) is 0.0165. The molecule has 0 N–H and O–H groups in total. The molecular weight excluding hydrogens is 361 g/mol. The Morgan fingerprint density at radius 2 is 1.65 bits per heavy atom. The van der Waals surface area contributed by atoms with E-state index in [2.05, 4.69) is 30.7 Å². The molecule has 1 aliphatic heterocycles. The Kier molecular flexibility index (Phi) is 5.25. The maximum Gasteiger partial charge on any atom is 0.264 e. The largest absolute Gasteiger partial charge is 0.378 e. The second-order valence-electron chi connectivity index (χ2n) is 6.73. The molecule has 0 spiro atoms. The van der Waals surface area contributed by atoms with E-state index in [0.29, 0.717) is 0 Å². The summed E-state index contributed by atoms with van der Waals surface area (Å²) >= 11 is 6.29. The molecule has 3 rings (SSSR count). The maximum absolute atomic E-state index is 13.5. The van der Waals surface area contributed by atoms with Crippen molar-refractivity contribution < 1.29 is 4.79 Å². The van der Waals surface area contributed by atoms with Crippen LogP contribution in [0.15, 0.2) is 42.5 Å². The normalized spacial score (nSPS) is 19.2. The highest BCUT2D eigenvalue weighted by molar-refractivity contribution is 8.18. The SMILES string of the molecule is CCN(CC)P1(=S)c2ccc(N(C)C)cc2C(=O)N1c1ccc(C)cc1. The molecule has 0 radical (unpaired) electrons. The number of hydrogen-bond donors (Lipinski definition) is 0. The molecular formula is C20H26N3OPS. The molecule has 2 aromatic carbocycles. The lowest BCUT2D eigenvalue weighted by Crippen LogP contribution is -2.33. The Morgan fingerprint density at radius 1 is 1.04 bits per heavy atom. The second-order valence-corrected chi connectivity index (χ2v) is 10.8. The number of rotatable bonds is 5. The predicted molar refractivity (Wildman–Crippen MR) is 116 cm³/mol. The van der Waals surface area contributed by atoms with Crippen molar-refractivity contribution in [1.29, 1.82) is 0 Å². The first-order valence-electron chi connectivity index (χ1n) is 8.93. The van der Waals surface area contributed by atoms with E-state index < -0.39 is 6.34 Å². The van der Waals surface area contributed by atoms with Gasteiger partial charge in [0, 0.05) is 43.9 Å². The van der Waals surface area contributed by atoms with Crippen LogP contribution in [0.5, 0.6) is 0 Å². The number of anilines is 2. The minimum Gasteiger partial charge on any atom is -0.378 e. The highest BCUT2D eigenvalue weighted by Gasteiger charge is 2.46. The van der Waals surface area contributed by atoms with Crippen LogP contribution in [0.3, 0.4) is 0 Å². The smallest absolute Gasteiger partial charge is 0.264 e. The van der Waals surface area contributed by atoms with Crippen LogP contribution in [-0.2, 0) is 11.8 Å². The van der Waals surface area contributed by atoms with Crippen molar-refractivity contribution in [2.45, 2.75) is 20.8 Å². The van der Waals surface area contributed by atoms with Gasteiger partial charge in [-0.1, -0.05) is 43.4 Å². The maximum atomic E-state index is 13.5. The standard InChI is InChI=1S/C20H26N3OPS/c1-6-22(7-2)25(26)19-13-12-17(21(4)5)14-18(19)20(24)23(25)16-10-8-15(3)9-11-16/h8-14H,6-7H2,1-5H3. The summed E-state index contributed by atoms with van der Waals surface area (Å²) in [6.45, 7) is 7.91. The van der Waals surface area contributed by atoms with Crippen LogP contribution in [0.2, 0.25) is 0 Å². The Hall–Kier alpha value is -1.68. The van der Waals surface area contributed by atoms with E-state index in [9.17, 15) is 4.79 Å². The molecule has 0 aromatic heterocycles. The Labute approximate surface area is 161 Å². The van der Waals surface area contributed by atoms with Gasteiger partial charge in [-0.25, -0.2) is 0 Å². The van der Waals surface area contributed by atoms with Crippen LogP contribution in [-0.4, -0.2) is 37.8 Å². The van der Waals surface area contributed by atoms with Crippen molar-refractivity contribution >= 4 is 40.7 Å². The van der Waals surface area contributed by atoms with Gasteiger partial charge in [-0.2, -0.15) is 0 Å². The van der Waals surface area contributed by atoms with E-state index in [0.717, 1.165) is 35.3 Å². The Morgan fingerprint density at radius 3 is 2.19 bits per heavy atom. The summed E-state index contributed by atoms with van der Waals surface area (Å²) in [6, 6.07) is 14.2. The monoisotopic (exact) mass is 387 g/mol. The summed E-state index contributed by atoms with van der Waals surface area (Å²) in [6.07, 6.45) is -2.39. The Balaban J connectivity index is 2.24. The highest BCUT2D eigenvalue weighted by atomic mass is 32.4. The lowest BCUT2D eigenvalue weighted by molar-refractivity contribution is 0.101. The van der Waals surface area contributed by atoms with Gasteiger partial charge >= 0.3 is 0 Å². The average molecular weight is 387 g/mol. The number of carbonyl (C=O) groups is 1. The molecule has 1 unspecified atom stereocenters. The average Bonchev–Trinajstić information content (AvgIpc) is 2.85. The van der Waals surface area contributed by atoms with E-state index in [-0.39, 0.29) is 5.91 Å². The van der Waals surface area contributed by atoms with Gasteiger partial charge in [0.1, 0.15) is 6.34 Å². The number of carbonyl (C=O) groups excluding carboxylic acids is 1. The summed E-state index contributed by atoms with van der Waals surface area (Å²) in [5, 5.41) is 1.01. The lowest BCUT2D eigenvalue weighted by Gasteiger charge is -2.37. The molecule has 2 aromatic rings. The highest BCUT2D eigenvalue weighted by Crippen LogP contribution is 2.59. The van der Waals surface area contributed by atoms with Gasteiger partial charge in [0.25, 0.3) is 5.91 Å². The molecule has 0 bridgehead atoms. The van der Waals surface area contributed by atoms with E-state index in [4.69, 9.17) is 11.8 Å². The molecule has 1 atom stereocenters. The van der Waals surface area contributed by atoms with Crippen LogP contribution >= 0.6 is 6.34 Å². The molecule has 1 amide bonds. The van der Waals surface area contributed by atoms with Crippen LogP contribution in [0.1, 0.15) is 29.8 Å². The number of aryl methyl sites for hydroxylation is 1. The fourth-order valence-corrected chi connectivity index (χ4v) is 8.18. The first-order valence-corrected chi connectivity index (χ1v) is 11.6. The first kappa shape index (κ1) is 19.1. The third kappa shape index (κ3) is 2.88. The quantitative estimate of drug-likeness (QED) is 0.725. The van der Waals surface area contributed by atoms with E-state index in [1.165, 1.54) is 5.56 Å². The topological polar surface area (TPSA) is 26.8 Å². The zero-order valence-electron chi connectivity index (χ0n) is 16.1. The molecule has 0 fully saturated rings. The predicted octanol–water partition coefficient (Wildman–Crippen LogP) is 4.00. The van der Waals surface area contributed by atoms with Crippen molar-refractivity contribution in [2.24, 2.45) is 0 Å². The number of nitrogens with zero attached hydrogens (tertiary/aromatic N) is 3. The van der Waals surface area contributed by atoms with Crippen LogP contribution < -0.4 is 14.9 Å². The van der Waals surface area contributed by atoms with Gasteiger partial charge < -0.3 is 4.90 Å². The number of amides is 1. The van der Waals surface area contributed by atoms with Crippen molar-refractivity contribution in [3.63, 3.8) is 0 Å². The van der Waals surface area contributed by atoms with E-state index >= 15 is 0 Å². The van der Waals surface area contributed by atoms with E-state index in [1.807, 2.05) is 60.9 Å². The molecule has 0 saturated heterocycles. The van der Waals surface area contributed by atoms with E-state index in [1.54, 1.807) is 0 Å². The van der Waals surface area contributed by atoms with Gasteiger partial charge in [0.2, 0.25) is 0 Å². The molecule has 6 heteroatoms. The third-order valence-electron chi connectivity index (χ3n) is 4.90. The fourth-order valence-electron chi connectivity index (χ4n) is 3.42. The van der Waals surface area contributed by atoms with Crippen molar-refractivity contribution in [3.05, 3.63) is 53.6 Å². The van der Waals surface area contributed by atoms with Gasteiger partial charge in [-0.3, -0.25) is 14.1 Å². The van der Waals surface area contributed by atoms with Crippen LogP contribution in [0, 0.1) is 6.92 Å². The molecule has 4 nitrogen and oxygen atoms in total. The van der Waals surface area contributed by atoms with Gasteiger partial charge in [-0.15, -0.1) is 0 Å². The molecule has 1 heterocycles. The second kappa shape index (κ2) is 7.15. The van der Waals surface area contributed by atoms with Crippen LogP contribution in [0.25, 0.3) is 0 Å². The number of hydrogen-bond acceptors (Lipinski definition) is 3. The fraction of sp³-hybridized carbons (Fsp3) is 0.350. The minimum absolute atomic E-state index is 0.0165. The van der Waals surface area contributed by atoms with Crippen LogP contribution in [0.4, 0.5) is 11.4 Å². The van der Waals surface area contributed by atoms with Crippen molar-refractivity contribution in [3.8, 4) is 0 Å². The molecule has 0 saturated carbocycles. The van der Waals surface area contributed by atoms with Gasteiger partial charge in [-0.05, 0) is 37.3 Å². The molecule has 138 valence electrons. The van der Waals surface area contributed by atoms with Gasteiger partial charge in [0.15, 0.2) is 0 Å². The molecule has 26 heavy (non-hydrogen) atoms. The zero-order chi connectivity index (χ0) is 19.1. The number of benzene rings is 2. The van der Waals surface area contributed by atoms with Crippen molar-refractivity contribution in [1.82, 2.24) is 4.67 Å². The number of fused-ring (bicyclic) bond motifs is 1. The summed E-state index contributed by atoms with van der Waals surface area (Å²) in [7, 11) is 3.97. The third-order valence-corrected chi connectivity index (χ3v) is 9.97. The minimum atomic E-state index is -2.39. The van der Waals surface area contributed by atoms with Crippen molar-refractivity contribution in [2.75, 3.05) is 36.8 Å². The summed E-state index contributed by atoms with van der Waals surface area (Å²) in [5.41, 5.74) is 3.82. The van der Waals surface area contributed by atoms with Gasteiger partial charge in [0.05, 0.1) is 5.56 Å². The summed E-state index contributed by atoms with van der Waals surface area (Å²) in [4.78, 5) is 15.5.